The number of rotatable bonds is 6. The zero-order chi connectivity index (χ0) is 23.8. The zero-order valence-corrected chi connectivity index (χ0v) is 18.7. The Morgan fingerprint density at radius 1 is 1.19 bits per heavy atom. The Kier molecular flexibility index (Phi) is 6.69. The van der Waals surface area contributed by atoms with E-state index in [0.29, 0.717) is 6.07 Å². The Morgan fingerprint density at radius 3 is 2.38 bits per heavy atom. The third-order valence-corrected chi connectivity index (χ3v) is 6.11. The van der Waals surface area contributed by atoms with E-state index in [4.69, 9.17) is 0 Å². The lowest BCUT2D eigenvalue weighted by Gasteiger charge is -2.32. The lowest BCUT2D eigenvalue weighted by atomic mass is 9.95. The van der Waals surface area contributed by atoms with Crippen LogP contribution in [0.5, 0.6) is 0 Å². The number of amides is 1. The van der Waals surface area contributed by atoms with Crippen molar-refractivity contribution in [2.45, 2.75) is 44.4 Å². The first-order valence-corrected chi connectivity index (χ1v) is 11.9. The van der Waals surface area contributed by atoms with Crippen LogP contribution >= 0.6 is 0 Å². The summed E-state index contributed by atoms with van der Waals surface area (Å²) in [5.41, 5.74) is -1.55. The summed E-state index contributed by atoms with van der Waals surface area (Å²) in [6, 6.07) is 5.63. The standard InChI is InChI=1S/C22H25F3N2O4S/c1-22(2,29)21(28)27-8-7-18(26-32(3,30)31)19(27)11-13-5-4-6-17(20(13)25)14-9-15(23)12-16(24)10-14/h4-6,9-10,12,18-19,26,29H,7-8,11H2,1-3H3/t18-,19-/m0/s1. The smallest absolute Gasteiger partial charge is 0.254 e. The molecule has 2 atom stereocenters. The molecule has 2 aromatic rings. The summed E-state index contributed by atoms with van der Waals surface area (Å²) >= 11 is 0. The molecule has 0 aromatic heterocycles. The van der Waals surface area contributed by atoms with Crippen molar-refractivity contribution in [1.82, 2.24) is 9.62 Å². The molecule has 0 radical (unpaired) electrons. The molecule has 0 aliphatic carbocycles. The van der Waals surface area contributed by atoms with Gasteiger partial charge in [0.1, 0.15) is 23.1 Å². The normalized spacial score (nSPS) is 19.4. The molecule has 0 bridgehead atoms. The van der Waals surface area contributed by atoms with Crippen LogP contribution in [-0.2, 0) is 21.2 Å². The minimum absolute atomic E-state index is 0.0171. The molecule has 0 saturated carbocycles. The van der Waals surface area contributed by atoms with Crippen molar-refractivity contribution in [2.75, 3.05) is 12.8 Å². The number of halogens is 3. The molecule has 0 unspecified atom stereocenters. The second kappa shape index (κ2) is 8.84. The number of benzene rings is 2. The summed E-state index contributed by atoms with van der Waals surface area (Å²) in [6.45, 7) is 2.82. The van der Waals surface area contributed by atoms with E-state index < -0.39 is 51.1 Å². The van der Waals surface area contributed by atoms with E-state index in [9.17, 15) is 27.1 Å². The van der Waals surface area contributed by atoms with Crippen LogP contribution in [0.4, 0.5) is 13.2 Å². The number of nitrogens with zero attached hydrogens (tertiary/aromatic N) is 1. The van der Waals surface area contributed by atoms with Crippen molar-refractivity contribution in [3.8, 4) is 11.1 Å². The van der Waals surface area contributed by atoms with Crippen LogP contribution in [0.25, 0.3) is 11.1 Å². The highest BCUT2D eigenvalue weighted by Crippen LogP contribution is 2.30. The van der Waals surface area contributed by atoms with Crippen LogP contribution in [-0.4, -0.2) is 54.8 Å². The van der Waals surface area contributed by atoms with Gasteiger partial charge in [-0.15, -0.1) is 0 Å². The van der Waals surface area contributed by atoms with Gasteiger partial charge in [-0.2, -0.15) is 0 Å². The van der Waals surface area contributed by atoms with Gasteiger partial charge in [0.25, 0.3) is 5.91 Å². The molecule has 32 heavy (non-hydrogen) atoms. The second-order valence-corrected chi connectivity index (χ2v) is 10.3. The van der Waals surface area contributed by atoms with Gasteiger partial charge in [-0.25, -0.2) is 26.3 Å². The highest BCUT2D eigenvalue weighted by Gasteiger charge is 2.42. The van der Waals surface area contributed by atoms with Crippen molar-refractivity contribution in [3.63, 3.8) is 0 Å². The molecule has 6 nitrogen and oxygen atoms in total. The maximum Gasteiger partial charge on any atom is 0.254 e. The number of likely N-dealkylation sites (tertiary alicyclic amines) is 1. The molecule has 10 heteroatoms. The number of hydrogen-bond acceptors (Lipinski definition) is 4. The summed E-state index contributed by atoms with van der Waals surface area (Å²) in [7, 11) is -3.62. The molecule has 174 valence electrons. The van der Waals surface area contributed by atoms with E-state index in [0.717, 1.165) is 18.4 Å². The molecule has 1 heterocycles. The molecule has 1 aliphatic rings. The average molecular weight is 471 g/mol. The van der Waals surface area contributed by atoms with Crippen LogP contribution < -0.4 is 4.72 Å². The first-order valence-electron chi connectivity index (χ1n) is 10.0. The molecular formula is C22H25F3N2O4S. The molecule has 3 rings (SSSR count). The highest BCUT2D eigenvalue weighted by molar-refractivity contribution is 7.88. The summed E-state index contributed by atoms with van der Waals surface area (Å²) in [4.78, 5) is 14.1. The first kappa shape index (κ1) is 24.2. The van der Waals surface area contributed by atoms with Crippen LogP contribution in [0.2, 0.25) is 0 Å². The molecule has 2 aromatic carbocycles. The zero-order valence-electron chi connectivity index (χ0n) is 17.9. The molecule has 1 aliphatic heterocycles. The number of carbonyl (C=O) groups excluding carboxylic acids is 1. The summed E-state index contributed by atoms with van der Waals surface area (Å²) in [5, 5.41) is 10.2. The van der Waals surface area contributed by atoms with Crippen molar-refractivity contribution < 1.29 is 31.5 Å². The van der Waals surface area contributed by atoms with Crippen molar-refractivity contribution in [3.05, 3.63) is 59.4 Å². The predicted molar refractivity (Wildman–Crippen MR) is 114 cm³/mol. The SMILES string of the molecule is CC(C)(O)C(=O)N1CC[C@H](NS(C)(=O)=O)[C@@H]1Cc1cccc(-c2cc(F)cc(F)c2)c1F. The Bertz CT molecular complexity index is 1110. The van der Waals surface area contributed by atoms with E-state index in [1.165, 1.54) is 36.9 Å². The third kappa shape index (κ3) is 5.48. The molecule has 1 saturated heterocycles. The fourth-order valence-electron chi connectivity index (χ4n) is 4.02. The molecule has 0 spiro atoms. The number of carbonyl (C=O) groups is 1. The Labute approximate surface area is 185 Å². The number of aliphatic hydroxyl groups is 1. The minimum Gasteiger partial charge on any atom is -0.381 e. The maximum absolute atomic E-state index is 15.4. The van der Waals surface area contributed by atoms with Gasteiger partial charge >= 0.3 is 0 Å². The predicted octanol–water partition coefficient (Wildman–Crippen LogP) is 2.60. The van der Waals surface area contributed by atoms with Crippen molar-refractivity contribution >= 4 is 15.9 Å². The molecule has 2 N–H and O–H groups in total. The quantitative estimate of drug-likeness (QED) is 0.680. The van der Waals surface area contributed by atoms with Crippen molar-refractivity contribution in [2.24, 2.45) is 0 Å². The van der Waals surface area contributed by atoms with Gasteiger partial charge in [0, 0.05) is 24.2 Å². The average Bonchev–Trinajstić information content (AvgIpc) is 3.01. The van der Waals surface area contributed by atoms with Gasteiger partial charge in [0.05, 0.1) is 12.3 Å². The number of hydrogen-bond donors (Lipinski definition) is 2. The number of nitrogens with one attached hydrogen (secondary N) is 1. The van der Waals surface area contributed by atoms with Gasteiger partial charge in [0.15, 0.2) is 0 Å². The van der Waals surface area contributed by atoms with Crippen LogP contribution in [0.1, 0.15) is 25.8 Å². The van der Waals surface area contributed by atoms with Crippen molar-refractivity contribution in [1.29, 1.82) is 0 Å². The summed E-state index contributed by atoms with van der Waals surface area (Å²) in [6.07, 6.45) is 1.21. The van der Waals surface area contributed by atoms with Crippen LogP contribution in [0, 0.1) is 17.5 Å². The molecular weight excluding hydrogens is 445 g/mol. The lowest BCUT2D eigenvalue weighted by molar-refractivity contribution is -0.148. The van der Waals surface area contributed by atoms with E-state index in [-0.39, 0.29) is 36.1 Å². The van der Waals surface area contributed by atoms with Crippen LogP contribution in [0.15, 0.2) is 36.4 Å². The number of sulfonamides is 1. The monoisotopic (exact) mass is 470 g/mol. The van der Waals surface area contributed by atoms with Gasteiger partial charge in [-0.3, -0.25) is 4.79 Å². The summed E-state index contributed by atoms with van der Waals surface area (Å²) < 4.78 is 68.8. The fourth-order valence-corrected chi connectivity index (χ4v) is 4.84. The van der Waals surface area contributed by atoms with E-state index >= 15 is 4.39 Å². The van der Waals surface area contributed by atoms with Gasteiger partial charge in [-0.05, 0) is 49.9 Å². The van der Waals surface area contributed by atoms with Crippen LogP contribution in [0.3, 0.4) is 0 Å². The maximum atomic E-state index is 15.4. The largest absolute Gasteiger partial charge is 0.381 e. The lowest BCUT2D eigenvalue weighted by Crippen LogP contribution is -2.52. The fraction of sp³-hybridized carbons (Fsp3) is 0.409. The second-order valence-electron chi connectivity index (χ2n) is 8.55. The topological polar surface area (TPSA) is 86.7 Å². The van der Waals surface area contributed by atoms with Gasteiger partial charge in [0.2, 0.25) is 10.0 Å². The molecule has 1 amide bonds. The highest BCUT2D eigenvalue weighted by atomic mass is 32.2. The Balaban J connectivity index is 1.99. The van der Waals surface area contributed by atoms with E-state index in [1.54, 1.807) is 0 Å². The Hall–Kier alpha value is -2.43. The molecule has 1 fully saturated rings. The van der Waals surface area contributed by atoms with E-state index in [1.807, 2.05) is 0 Å². The minimum atomic E-state index is -3.62. The van der Waals surface area contributed by atoms with Gasteiger partial charge < -0.3 is 10.0 Å². The van der Waals surface area contributed by atoms with E-state index in [2.05, 4.69) is 4.72 Å². The third-order valence-electron chi connectivity index (χ3n) is 5.38. The van der Waals surface area contributed by atoms with Gasteiger partial charge in [-0.1, -0.05) is 18.2 Å². The Morgan fingerprint density at radius 2 is 1.81 bits per heavy atom. The summed E-state index contributed by atoms with van der Waals surface area (Å²) in [5.74, 6) is -3.03. The first-order chi connectivity index (χ1) is 14.8.